The number of aliphatic hydroxyl groups excluding tert-OH is 1. The number of hydrogen-bond donors (Lipinski definition) is 4. The minimum Gasteiger partial charge on any atom is -0.395 e. The number of nitrogens with one attached hydrogen (secondary N) is 3. The first kappa shape index (κ1) is 27.5. The van der Waals surface area contributed by atoms with E-state index in [1.54, 1.807) is 11.1 Å². The van der Waals surface area contributed by atoms with Crippen molar-refractivity contribution in [2.24, 2.45) is 0 Å². The summed E-state index contributed by atoms with van der Waals surface area (Å²) in [7, 11) is 0. The van der Waals surface area contributed by atoms with E-state index in [4.69, 9.17) is 0 Å². The highest BCUT2D eigenvalue weighted by molar-refractivity contribution is 5.54. The van der Waals surface area contributed by atoms with Crippen LogP contribution in [0.25, 0.3) is 0 Å². The van der Waals surface area contributed by atoms with E-state index in [2.05, 4.69) is 32.8 Å². The van der Waals surface area contributed by atoms with Gasteiger partial charge < -0.3 is 20.6 Å². The van der Waals surface area contributed by atoms with Crippen LogP contribution in [-0.4, -0.2) is 53.2 Å². The van der Waals surface area contributed by atoms with Crippen molar-refractivity contribution in [2.45, 2.75) is 70.1 Å². The predicted molar refractivity (Wildman–Crippen MR) is 147 cm³/mol. The Kier molecular flexibility index (Phi) is 7.63. The zero-order valence-corrected chi connectivity index (χ0v) is 22.6. The zero-order chi connectivity index (χ0) is 27.8. The summed E-state index contributed by atoms with van der Waals surface area (Å²) in [5.74, 6) is -0.0923. The number of nitrogens with zero attached hydrogens (tertiary/aromatic N) is 3. The van der Waals surface area contributed by atoms with Crippen molar-refractivity contribution in [3.05, 3.63) is 77.3 Å². The normalized spacial score (nSPS) is 24.4. The molecule has 0 saturated carbocycles. The topological polar surface area (TPSA) is 75.7 Å². The lowest BCUT2D eigenvalue weighted by Gasteiger charge is -2.42. The van der Waals surface area contributed by atoms with Gasteiger partial charge in [0.25, 0.3) is 0 Å². The van der Waals surface area contributed by atoms with Gasteiger partial charge in [0.15, 0.2) is 0 Å². The Morgan fingerprint density at radius 3 is 2.56 bits per heavy atom. The molecule has 0 amide bonds. The van der Waals surface area contributed by atoms with Gasteiger partial charge in [0.1, 0.15) is 18.3 Å². The van der Waals surface area contributed by atoms with Gasteiger partial charge >= 0.3 is 6.18 Å². The number of anilines is 2. The molecule has 0 aliphatic carbocycles. The maximum atomic E-state index is 13.7. The summed E-state index contributed by atoms with van der Waals surface area (Å²) in [5, 5.41) is 20.7. The molecule has 3 aliphatic heterocycles. The van der Waals surface area contributed by atoms with E-state index in [1.165, 1.54) is 12.3 Å². The van der Waals surface area contributed by atoms with Gasteiger partial charge in [0, 0.05) is 48.3 Å². The van der Waals surface area contributed by atoms with Crippen molar-refractivity contribution in [2.75, 3.05) is 29.9 Å². The van der Waals surface area contributed by atoms with Crippen molar-refractivity contribution in [1.82, 2.24) is 20.5 Å². The summed E-state index contributed by atoms with van der Waals surface area (Å²) in [5.41, 5.74) is 2.82. The number of pyridine rings is 1. The fourth-order valence-electron chi connectivity index (χ4n) is 5.56. The maximum Gasteiger partial charge on any atom is 0.419 e. The average molecular weight is 543 g/mol. The minimum atomic E-state index is -4.49. The van der Waals surface area contributed by atoms with Gasteiger partial charge in [0.05, 0.1) is 12.2 Å². The molecule has 0 radical (unpaired) electrons. The van der Waals surface area contributed by atoms with Crippen LogP contribution in [-0.2, 0) is 11.6 Å². The molecule has 10 heteroatoms. The molecule has 210 valence electrons. The van der Waals surface area contributed by atoms with E-state index >= 15 is 0 Å². The first-order valence-electron chi connectivity index (χ1n) is 13.5. The summed E-state index contributed by atoms with van der Waals surface area (Å²) in [4.78, 5) is 8.07. The fraction of sp³-hybridized carbons (Fsp3) is 0.483. The summed E-state index contributed by atoms with van der Waals surface area (Å²) < 4.78 is 41.2. The Balaban J connectivity index is 1.42. The Bertz CT molecular complexity index is 1230. The molecule has 39 heavy (non-hydrogen) atoms. The van der Waals surface area contributed by atoms with Crippen LogP contribution < -0.4 is 20.9 Å². The number of aromatic nitrogens is 1. The first-order valence-corrected chi connectivity index (χ1v) is 13.5. The third kappa shape index (κ3) is 5.78. The highest BCUT2D eigenvalue weighted by atomic mass is 19.4. The maximum absolute atomic E-state index is 13.7. The molecule has 1 aromatic carbocycles. The van der Waals surface area contributed by atoms with Crippen molar-refractivity contribution >= 4 is 11.5 Å². The molecule has 2 aromatic rings. The smallest absolute Gasteiger partial charge is 0.395 e. The molecule has 1 aromatic heterocycles. The fourth-order valence-corrected chi connectivity index (χ4v) is 5.56. The molecular weight excluding hydrogens is 505 g/mol. The van der Waals surface area contributed by atoms with Gasteiger partial charge in [-0.15, -0.1) is 0 Å². The van der Waals surface area contributed by atoms with Crippen LogP contribution in [0.2, 0.25) is 0 Å². The van der Waals surface area contributed by atoms with Crippen LogP contribution in [0.15, 0.2) is 66.1 Å². The van der Waals surface area contributed by atoms with Gasteiger partial charge in [-0.1, -0.05) is 26.0 Å². The van der Waals surface area contributed by atoms with E-state index in [0.717, 1.165) is 48.0 Å². The highest BCUT2D eigenvalue weighted by Crippen LogP contribution is 2.36. The number of halogens is 3. The molecule has 3 atom stereocenters. The SMILES string of the molecule is CC1CCCN1C1NC2=C(CCN(c3ncccc3C(F)(F)F)C=C2)C(Nc2ccc(C(C)(C)CO)cc2)N1. The second-order valence-electron chi connectivity index (χ2n) is 11.2. The number of hydrogen-bond acceptors (Lipinski definition) is 7. The summed E-state index contributed by atoms with van der Waals surface area (Å²) >= 11 is 0. The van der Waals surface area contributed by atoms with Gasteiger partial charge in [-0.3, -0.25) is 10.2 Å². The van der Waals surface area contributed by atoms with E-state index in [1.807, 2.05) is 44.2 Å². The van der Waals surface area contributed by atoms with Crippen LogP contribution in [0.3, 0.4) is 0 Å². The number of likely N-dealkylation sites (tertiary alicyclic amines) is 1. The molecule has 3 aliphatic rings. The number of benzene rings is 1. The van der Waals surface area contributed by atoms with Gasteiger partial charge in [0.2, 0.25) is 0 Å². The lowest BCUT2D eigenvalue weighted by atomic mass is 9.85. The molecule has 1 saturated heterocycles. The van der Waals surface area contributed by atoms with E-state index < -0.39 is 11.7 Å². The van der Waals surface area contributed by atoms with Crippen LogP contribution in [0, 0.1) is 0 Å². The lowest BCUT2D eigenvalue weighted by molar-refractivity contribution is -0.137. The van der Waals surface area contributed by atoms with Crippen LogP contribution in [0.4, 0.5) is 24.7 Å². The molecule has 0 bridgehead atoms. The summed E-state index contributed by atoms with van der Waals surface area (Å²) in [6, 6.07) is 10.8. The molecule has 4 heterocycles. The van der Waals surface area contributed by atoms with E-state index in [9.17, 15) is 18.3 Å². The second-order valence-corrected chi connectivity index (χ2v) is 11.2. The lowest BCUT2D eigenvalue weighted by Crippen LogP contribution is -2.63. The van der Waals surface area contributed by atoms with Crippen molar-refractivity contribution in [3.63, 3.8) is 0 Å². The molecule has 3 unspecified atom stereocenters. The molecular formula is C29H37F3N6O. The number of allylic oxidation sites excluding steroid dienone is 1. The third-order valence-electron chi connectivity index (χ3n) is 8.03. The van der Waals surface area contributed by atoms with Crippen LogP contribution in [0.5, 0.6) is 0 Å². The molecule has 1 fully saturated rings. The van der Waals surface area contributed by atoms with Crippen molar-refractivity contribution in [3.8, 4) is 0 Å². The van der Waals surface area contributed by atoms with Gasteiger partial charge in [-0.05, 0) is 67.7 Å². The van der Waals surface area contributed by atoms with Crippen LogP contribution in [0.1, 0.15) is 51.2 Å². The zero-order valence-electron chi connectivity index (χ0n) is 22.6. The highest BCUT2D eigenvalue weighted by Gasteiger charge is 2.38. The van der Waals surface area contributed by atoms with Gasteiger partial charge in [-0.25, -0.2) is 4.98 Å². The van der Waals surface area contributed by atoms with Crippen molar-refractivity contribution < 1.29 is 18.3 Å². The monoisotopic (exact) mass is 542 g/mol. The first-order chi connectivity index (χ1) is 18.6. The molecule has 5 rings (SSSR count). The third-order valence-corrected chi connectivity index (χ3v) is 8.03. The summed E-state index contributed by atoms with van der Waals surface area (Å²) in [6.45, 7) is 7.58. The Morgan fingerprint density at radius 2 is 1.90 bits per heavy atom. The largest absolute Gasteiger partial charge is 0.419 e. The quantitative estimate of drug-likeness (QED) is 0.420. The van der Waals surface area contributed by atoms with E-state index in [-0.39, 0.29) is 30.3 Å². The predicted octanol–water partition coefficient (Wildman–Crippen LogP) is 4.75. The Morgan fingerprint density at radius 1 is 1.13 bits per heavy atom. The van der Waals surface area contributed by atoms with E-state index in [0.29, 0.717) is 19.0 Å². The number of alkyl halides is 3. The van der Waals surface area contributed by atoms with Crippen LogP contribution >= 0.6 is 0 Å². The summed E-state index contributed by atoms with van der Waals surface area (Å²) in [6.07, 6.45) is 2.90. The number of rotatable bonds is 6. The molecule has 0 spiro atoms. The average Bonchev–Trinajstić information content (AvgIpc) is 3.22. The van der Waals surface area contributed by atoms with Gasteiger partial charge in [-0.2, -0.15) is 13.2 Å². The second kappa shape index (κ2) is 10.8. The standard InChI is InChI=1S/C29H37F3N6O/c1-19-6-5-15-38(19)27-35-24-13-17-37(26-23(29(30,31)32)7-4-14-33-26)16-12-22(24)25(36-27)34-21-10-8-20(9-11-21)28(2,3)18-39/h4,7-11,13-14,17,19,25,27,34-36,39H,5-6,12,15-16,18H2,1-3H3. The Hall–Kier alpha value is -3.08. The molecule has 7 nitrogen and oxygen atoms in total. The van der Waals surface area contributed by atoms with Crippen molar-refractivity contribution in [1.29, 1.82) is 0 Å². The molecule has 4 N–H and O–H groups in total. The Labute approximate surface area is 227 Å². The minimum absolute atomic E-state index is 0.0523. The number of aliphatic hydroxyl groups is 1.